The molecule has 4 unspecified atom stereocenters. The molecule has 3 rings (SSSR count). The summed E-state index contributed by atoms with van der Waals surface area (Å²) in [4.78, 5) is 31.0. The Labute approximate surface area is 215 Å². The van der Waals surface area contributed by atoms with Crippen LogP contribution in [0.2, 0.25) is 0 Å². The molecule has 0 bridgehead atoms. The van der Waals surface area contributed by atoms with Crippen LogP contribution in [0.15, 0.2) is 48.5 Å². The molecule has 1 aliphatic rings. The number of nitrogens with zero attached hydrogens (tertiary/aromatic N) is 4. The van der Waals surface area contributed by atoms with Gasteiger partial charge in [-0.3, -0.25) is 9.59 Å². The zero-order valence-electron chi connectivity index (χ0n) is 21.8. The summed E-state index contributed by atoms with van der Waals surface area (Å²) in [5, 5.41) is 18.1. The second-order valence-electron chi connectivity index (χ2n) is 9.63. The summed E-state index contributed by atoms with van der Waals surface area (Å²) in [6.07, 6.45) is 3.04. The smallest absolute Gasteiger partial charge is 0.226 e. The largest absolute Gasteiger partial charge is 0.336 e. The van der Waals surface area contributed by atoms with Gasteiger partial charge in [0.2, 0.25) is 11.8 Å². The average molecular weight is 485 g/mol. The van der Waals surface area contributed by atoms with Gasteiger partial charge in [0.1, 0.15) is 0 Å². The molecule has 0 spiro atoms. The molecule has 6 nitrogen and oxygen atoms in total. The monoisotopic (exact) mass is 484 g/mol. The third-order valence-corrected chi connectivity index (χ3v) is 7.60. The molecule has 0 N–H and O–H groups in total. The first-order chi connectivity index (χ1) is 17.3. The summed E-state index contributed by atoms with van der Waals surface area (Å²) >= 11 is 0. The van der Waals surface area contributed by atoms with Gasteiger partial charge in [-0.15, -0.1) is 0 Å². The number of carbonyl (C=O) groups is 2. The lowest BCUT2D eigenvalue weighted by Crippen LogP contribution is -2.43. The highest BCUT2D eigenvalue weighted by Gasteiger charge is 2.36. The fourth-order valence-electron chi connectivity index (χ4n) is 5.38. The van der Waals surface area contributed by atoms with E-state index in [-0.39, 0.29) is 35.7 Å². The molecule has 0 radical (unpaired) electrons. The van der Waals surface area contributed by atoms with Crippen molar-refractivity contribution in [3.63, 3.8) is 0 Å². The molecule has 36 heavy (non-hydrogen) atoms. The van der Waals surface area contributed by atoms with Crippen LogP contribution in [0.5, 0.6) is 0 Å². The van der Waals surface area contributed by atoms with E-state index < -0.39 is 0 Å². The molecule has 0 aliphatic heterocycles. The molecule has 2 aromatic rings. The van der Waals surface area contributed by atoms with Gasteiger partial charge in [0.25, 0.3) is 0 Å². The number of hydrogen-bond donors (Lipinski definition) is 0. The first-order valence-corrected chi connectivity index (χ1v) is 13.0. The van der Waals surface area contributed by atoms with Crippen LogP contribution in [0.3, 0.4) is 0 Å². The topological polar surface area (TPSA) is 88.2 Å². The Morgan fingerprint density at radius 2 is 1.14 bits per heavy atom. The van der Waals surface area contributed by atoms with Crippen molar-refractivity contribution < 1.29 is 9.59 Å². The predicted molar refractivity (Wildman–Crippen MR) is 139 cm³/mol. The van der Waals surface area contributed by atoms with Crippen molar-refractivity contribution in [1.82, 2.24) is 9.80 Å². The molecule has 2 aromatic carbocycles. The third kappa shape index (κ3) is 5.94. The summed E-state index contributed by atoms with van der Waals surface area (Å²) in [5.74, 6) is -0.125. The van der Waals surface area contributed by atoms with Crippen LogP contribution >= 0.6 is 0 Å². The van der Waals surface area contributed by atoms with E-state index in [1.807, 2.05) is 61.8 Å². The van der Waals surface area contributed by atoms with Crippen molar-refractivity contribution in [3.05, 3.63) is 70.8 Å². The highest BCUT2D eigenvalue weighted by molar-refractivity contribution is 5.83. The van der Waals surface area contributed by atoms with Crippen LogP contribution in [0.4, 0.5) is 0 Å². The maximum Gasteiger partial charge on any atom is 0.226 e. The van der Waals surface area contributed by atoms with Gasteiger partial charge in [-0.05, 0) is 82.3 Å². The molecular formula is C30H36N4O2. The van der Waals surface area contributed by atoms with Crippen molar-refractivity contribution >= 4 is 11.8 Å². The summed E-state index contributed by atoms with van der Waals surface area (Å²) in [6, 6.07) is 18.9. The fraction of sp³-hybridized carbons (Fsp3) is 0.467. The van der Waals surface area contributed by atoms with Crippen molar-refractivity contribution in [2.24, 2.45) is 11.8 Å². The molecule has 0 saturated heterocycles. The highest BCUT2D eigenvalue weighted by Crippen LogP contribution is 2.35. The molecule has 2 amide bonds. The van der Waals surface area contributed by atoms with E-state index in [2.05, 4.69) is 12.1 Å². The van der Waals surface area contributed by atoms with Gasteiger partial charge in [0.05, 0.1) is 35.3 Å². The number of amides is 2. The first kappa shape index (κ1) is 27.0. The molecule has 4 atom stereocenters. The van der Waals surface area contributed by atoms with Crippen LogP contribution in [-0.4, -0.2) is 34.7 Å². The number of benzene rings is 2. The lowest BCUT2D eigenvalue weighted by atomic mass is 9.79. The molecule has 6 heteroatoms. The minimum absolute atomic E-state index is 0.102. The van der Waals surface area contributed by atoms with Crippen molar-refractivity contribution in [2.75, 3.05) is 13.1 Å². The Hall–Kier alpha value is -3.64. The Bertz CT molecular complexity index is 1040. The lowest BCUT2D eigenvalue weighted by molar-refractivity contribution is -0.143. The minimum Gasteiger partial charge on any atom is -0.336 e. The normalized spacial score (nSPS) is 18.8. The standard InChI is InChI=1S/C30H36N4O2/c1-5-33(21(3)25-14-10-23(19-31)11-15-25)29(35)27-8-7-9-28(18-27)30(36)34(6-2)22(4)26-16-12-24(20-32)13-17-26/h10-17,21-22,27-28H,5-9,18H2,1-4H3. The average Bonchev–Trinajstić information content (AvgIpc) is 2.93. The lowest BCUT2D eigenvalue weighted by Gasteiger charge is -2.37. The Morgan fingerprint density at radius 3 is 1.44 bits per heavy atom. The van der Waals surface area contributed by atoms with Gasteiger partial charge in [0, 0.05) is 24.9 Å². The van der Waals surface area contributed by atoms with Gasteiger partial charge in [-0.25, -0.2) is 0 Å². The fourth-order valence-corrected chi connectivity index (χ4v) is 5.38. The molecule has 0 aromatic heterocycles. The van der Waals surface area contributed by atoms with E-state index in [0.29, 0.717) is 30.6 Å². The summed E-state index contributed by atoms with van der Waals surface area (Å²) in [5.41, 5.74) is 3.21. The van der Waals surface area contributed by atoms with Gasteiger partial charge in [-0.2, -0.15) is 10.5 Å². The van der Waals surface area contributed by atoms with E-state index in [0.717, 1.165) is 30.4 Å². The number of hydrogen-bond acceptors (Lipinski definition) is 4. The van der Waals surface area contributed by atoms with Crippen molar-refractivity contribution in [2.45, 2.75) is 65.5 Å². The molecule has 1 fully saturated rings. The van der Waals surface area contributed by atoms with Crippen LogP contribution in [-0.2, 0) is 9.59 Å². The second kappa shape index (κ2) is 12.4. The number of nitriles is 2. The van der Waals surface area contributed by atoms with E-state index in [1.165, 1.54) is 0 Å². The molecule has 188 valence electrons. The number of rotatable bonds is 8. The van der Waals surface area contributed by atoms with Crippen molar-refractivity contribution in [1.29, 1.82) is 10.5 Å². The van der Waals surface area contributed by atoms with E-state index >= 15 is 0 Å². The van der Waals surface area contributed by atoms with Crippen molar-refractivity contribution in [3.8, 4) is 12.1 Å². The summed E-state index contributed by atoms with van der Waals surface area (Å²) in [6.45, 7) is 9.19. The third-order valence-electron chi connectivity index (χ3n) is 7.60. The second-order valence-corrected chi connectivity index (χ2v) is 9.63. The molecular weight excluding hydrogens is 448 g/mol. The summed E-state index contributed by atoms with van der Waals surface area (Å²) in [7, 11) is 0. The predicted octanol–water partition coefficient (Wildman–Crippen LogP) is 5.76. The van der Waals surface area contributed by atoms with E-state index in [4.69, 9.17) is 10.5 Å². The summed E-state index contributed by atoms with van der Waals surface area (Å²) < 4.78 is 0. The quantitative estimate of drug-likeness (QED) is 0.477. The van der Waals surface area contributed by atoms with Gasteiger partial charge in [-0.1, -0.05) is 30.7 Å². The SMILES string of the molecule is CCN(C(=O)C1CCCC(C(=O)N(CC)C(C)c2ccc(C#N)cc2)C1)C(C)c1ccc(C#N)cc1. The molecule has 1 saturated carbocycles. The van der Waals surface area contributed by atoms with Gasteiger partial charge < -0.3 is 9.80 Å². The Morgan fingerprint density at radius 1 is 0.778 bits per heavy atom. The van der Waals surface area contributed by atoms with E-state index in [9.17, 15) is 9.59 Å². The molecule has 1 aliphatic carbocycles. The van der Waals surface area contributed by atoms with E-state index in [1.54, 1.807) is 24.3 Å². The Kier molecular flexibility index (Phi) is 9.25. The van der Waals surface area contributed by atoms with Crippen LogP contribution in [0.1, 0.15) is 87.7 Å². The maximum atomic E-state index is 13.6. The molecule has 0 heterocycles. The zero-order chi connectivity index (χ0) is 26.2. The highest BCUT2D eigenvalue weighted by atomic mass is 16.2. The maximum absolute atomic E-state index is 13.6. The first-order valence-electron chi connectivity index (χ1n) is 13.0. The Balaban J connectivity index is 1.71. The van der Waals surface area contributed by atoms with Gasteiger partial charge >= 0.3 is 0 Å². The van der Waals surface area contributed by atoms with Crippen LogP contribution in [0, 0.1) is 34.5 Å². The zero-order valence-corrected chi connectivity index (χ0v) is 21.8. The minimum atomic E-state index is -0.169. The number of carbonyl (C=O) groups excluding carboxylic acids is 2. The van der Waals surface area contributed by atoms with Crippen LogP contribution in [0.25, 0.3) is 0 Å². The van der Waals surface area contributed by atoms with Gasteiger partial charge in [0.15, 0.2) is 0 Å². The van der Waals surface area contributed by atoms with Crippen LogP contribution < -0.4 is 0 Å².